The van der Waals surface area contributed by atoms with Crippen molar-refractivity contribution in [2.45, 2.75) is 69.9 Å². The van der Waals surface area contributed by atoms with Crippen LogP contribution in [-0.4, -0.2) is 37.2 Å². The third-order valence-corrected chi connectivity index (χ3v) is 4.28. The van der Waals surface area contributed by atoms with Crippen LogP contribution in [0.25, 0.3) is 0 Å². The molecule has 0 radical (unpaired) electrons. The van der Waals surface area contributed by atoms with E-state index >= 15 is 0 Å². The molecule has 0 aromatic rings. The molecule has 16 heavy (non-hydrogen) atoms. The minimum atomic E-state index is 0.586. The van der Waals surface area contributed by atoms with E-state index in [2.05, 4.69) is 11.9 Å². The summed E-state index contributed by atoms with van der Waals surface area (Å²) in [5, 5.41) is 0. The van der Waals surface area contributed by atoms with Gasteiger partial charge < -0.3 is 9.64 Å². The minimum Gasteiger partial charge on any atom is -0.378 e. The first-order chi connectivity index (χ1) is 7.86. The molecule has 94 valence electrons. The van der Waals surface area contributed by atoms with Crippen LogP contribution < -0.4 is 0 Å². The lowest BCUT2D eigenvalue weighted by Gasteiger charge is -2.33. The van der Waals surface area contributed by atoms with Gasteiger partial charge in [-0.2, -0.15) is 0 Å². The Hall–Kier alpha value is -0.0800. The van der Waals surface area contributed by atoms with Gasteiger partial charge in [-0.15, -0.1) is 0 Å². The van der Waals surface area contributed by atoms with Gasteiger partial charge in [0.2, 0.25) is 0 Å². The highest BCUT2D eigenvalue weighted by molar-refractivity contribution is 4.74. The fourth-order valence-electron chi connectivity index (χ4n) is 3.11. The van der Waals surface area contributed by atoms with E-state index in [1.54, 1.807) is 0 Å². The second kappa shape index (κ2) is 6.61. The Kier molecular flexibility index (Phi) is 5.11. The molecular weight excluding hydrogens is 198 g/mol. The average Bonchev–Trinajstić information content (AvgIpc) is 2.33. The molecule has 0 aromatic carbocycles. The van der Waals surface area contributed by atoms with E-state index in [1.165, 1.54) is 64.3 Å². The summed E-state index contributed by atoms with van der Waals surface area (Å²) in [6.45, 7) is 2.27. The van der Waals surface area contributed by atoms with Gasteiger partial charge >= 0.3 is 0 Å². The van der Waals surface area contributed by atoms with Crippen molar-refractivity contribution in [2.24, 2.45) is 0 Å². The first-order valence-electron chi connectivity index (χ1n) is 7.18. The molecule has 1 aliphatic heterocycles. The van der Waals surface area contributed by atoms with E-state index < -0.39 is 0 Å². The number of rotatable bonds is 4. The fourth-order valence-corrected chi connectivity index (χ4v) is 3.11. The van der Waals surface area contributed by atoms with Crippen molar-refractivity contribution in [3.63, 3.8) is 0 Å². The highest BCUT2D eigenvalue weighted by Gasteiger charge is 2.19. The summed E-state index contributed by atoms with van der Waals surface area (Å²) in [5.41, 5.74) is 0. The molecular formula is C14H27NO. The van der Waals surface area contributed by atoms with Crippen molar-refractivity contribution in [3.05, 3.63) is 0 Å². The Morgan fingerprint density at radius 3 is 2.50 bits per heavy atom. The molecule has 1 unspecified atom stereocenters. The van der Waals surface area contributed by atoms with Crippen molar-refractivity contribution in [3.8, 4) is 0 Å². The Labute approximate surface area is 100 Å². The number of ether oxygens (including phenoxy) is 1. The molecule has 1 saturated heterocycles. The van der Waals surface area contributed by atoms with Crippen LogP contribution >= 0.6 is 0 Å². The van der Waals surface area contributed by atoms with Gasteiger partial charge in [-0.1, -0.05) is 25.7 Å². The Bertz CT molecular complexity index is 189. The summed E-state index contributed by atoms with van der Waals surface area (Å²) in [7, 11) is 2.27. The zero-order valence-electron chi connectivity index (χ0n) is 10.8. The van der Waals surface area contributed by atoms with E-state index in [1.807, 2.05) is 0 Å². The maximum absolute atomic E-state index is 6.01. The topological polar surface area (TPSA) is 12.5 Å². The van der Waals surface area contributed by atoms with E-state index in [0.717, 1.165) is 12.6 Å². The van der Waals surface area contributed by atoms with Crippen LogP contribution in [0.5, 0.6) is 0 Å². The van der Waals surface area contributed by atoms with Crippen LogP contribution in [0, 0.1) is 0 Å². The standard InChI is InChI=1S/C14H27NO/c1-15-11-6-5-7-13(15)10-12-16-14-8-3-2-4-9-14/h13-14H,2-12H2,1H3. The Morgan fingerprint density at radius 1 is 1.00 bits per heavy atom. The average molecular weight is 225 g/mol. The molecule has 1 aliphatic carbocycles. The molecule has 1 atom stereocenters. The predicted molar refractivity (Wildman–Crippen MR) is 67.7 cm³/mol. The van der Waals surface area contributed by atoms with E-state index in [4.69, 9.17) is 4.74 Å². The van der Waals surface area contributed by atoms with Crippen LogP contribution in [-0.2, 0) is 4.74 Å². The SMILES string of the molecule is CN1CCCCC1CCOC1CCCCC1. The lowest BCUT2D eigenvalue weighted by molar-refractivity contribution is 0.0139. The maximum atomic E-state index is 6.01. The first kappa shape index (κ1) is 12.4. The molecule has 2 aliphatic rings. The van der Waals surface area contributed by atoms with E-state index in [0.29, 0.717) is 6.10 Å². The van der Waals surface area contributed by atoms with Gasteiger partial charge in [-0.25, -0.2) is 0 Å². The van der Waals surface area contributed by atoms with Crippen molar-refractivity contribution in [2.75, 3.05) is 20.2 Å². The van der Waals surface area contributed by atoms with Gasteiger partial charge in [0.25, 0.3) is 0 Å². The third kappa shape index (κ3) is 3.74. The molecule has 2 heteroatoms. The molecule has 1 saturated carbocycles. The first-order valence-corrected chi connectivity index (χ1v) is 7.18. The van der Waals surface area contributed by atoms with Gasteiger partial charge in [-0.05, 0) is 45.7 Å². The normalized spacial score (nSPS) is 29.4. The molecule has 2 nitrogen and oxygen atoms in total. The molecule has 0 N–H and O–H groups in total. The van der Waals surface area contributed by atoms with Crippen LogP contribution in [0.2, 0.25) is 0 Å². The van der Waals surface area contributed by atoms with Crippen LogP contribution in [0.4, 0.5) is 0 Å². The second-order valence-electron chi connectivity index (χ2n) is 5.55. The Morgan fingerprint density at radius 2 is 1.75 bits per heavy atom. The summed E-state index contributed by atoms with van der Waals surface area (Å²) >= 11 is 0. The summed E-state index contributed by atoms with van der Waals surface area (Å²) < 4.78 is 6.01. The zero-order valence-corrected chi connectivity index (χ0v) is 10.8. The van der Waals surface area contributed by atoms with Crippen LogP contribution in [0.15, 0.2) is 0 Å². The van der Waals surface area contributed by atoms with Crippen molar-refractivity contribution in [1.29, 1.82) is 0 Å². The quantitative estimate of drug-likeness (QED) is 0.728. The molecule has 1 heterocycles. The summed E-state index contributed by atoms with van der Waals surface area (Å²) in [5.74, 6) is 0. The van der Waals surface area contributed by atoms with Gasteiger partial charge in [0, 0.05) is 12.6 Å². The number of likely N-dealkylation sites (tertiary alicyclic amines) is 1. The van der Waals surface area contributed by atoms with Crippen LogP contribution in [0.3, 0.4) is 0 Å². The number of hydrogen-bond donors (Lipinski definition) is 0. The highest BCUT2D eigenvalue weighted by Crippen LogP contribution is 2.22. The van der Waals surface area contributed by atoms with Crippen molar-refractivity contribution < 1.29 is 4.74 Å². The van der Waals surface area contributed by atoms with Gasteiger partial charge in [0.15, 0.2) is 0 Å². The number of hydrogen-bond acceptors (Lipinski definition) is 2. The lowest BCUT2D eigenvalue weighted by Crippen LogP contribution is -2.37. The summed E-state index contributed by atoms with van der Waals surface area (Å²) in [6, 6.07) is 0.789. The smallest absolute Gasteiger partial charge is 0.0575 e. The largest absolute Gasteiger partial charge is 0.378 e. The molecule has 2 fully saturated rings. The predicted octanol–water partition coefficient (Wildman–Crippen LogP) is 3.21. The highest BCUT2D eigenvalue weighted by atomic mass is 16.5. The third-order valence-electron chi connectivity index (χ3n) is 4.28. The molecule has 2 rings (SSSR count). The fraction of sp³-hybridized carbons (Fsp3) is 1.00. The Balaban J connectivity index is 1.59. The van der Waals surface area contributed by atoms with Gasteiger partial charge in [0.1, 0.15) is 0 Å². The summed E-state index contributed by atoms with van der Waals surface area (Å²) in [6.07, 6.45) is 12.8. The van der Waals surface area contributed by atoms with Crippen molar-refractivity contribution in [1.82, 2.24) is 4.90 Å². The van der Waals surface area contributed by atoms with Gasteiger partial charge in [-0.3, -0.25) is 0 Å². The molecule has 0 bridgehead atoms. The van der Waals surface area contributed by atoms with E-state index in [-0.39, 0.29) is 0 Å². The number of nitrogens with zero attached hydrogens (tertiary/aromatic N) is 1. The lowest BCUT2D eigenvalue weighted by atomic mass is 9.97. The maximum Gasteiger partial charge on any atom is 0.0575 e. The molecule has 0 spiro atoms. The van der Waals surface area contributed by atoms with Gasteiger partial charge in [0.05, 0.1) is 6.10 Å². The number of piperidine rings is 1. The molecule has 0 amide bonds. The minimum absolute atomic E-state index is 0.586. The van der Waals surface area contributed by atoms with Crippen LogP contribution in [0.1, 0.15) is 57.8 Å². The van der Waals surface area contributed by atoms with E-state index in [9.17, 15) is 0 Å². The molecule has 0 aromatic heterocycles. The van der Waals surface area contributed by atoms with Crippen molar-refractivity contribution >= 4 is 0 Å². The monoisotopic (exact) mass is 225 g/mol. The second-order valence-corrected chi connectivity index (χ2v) is 5.55. The summed E-state index contributed by atoms with van der Waals surface area (Å²) in [4.78, 5) is 2.52. The zero-order chi connectivity index (χ0) is 11.2.